The molecule has 0 aliphatic rings. The summed E-state index contributed by atoms with van der Waals surface area (Å²) in [6.45, 7) is 2.14. The van der Waals surface area contributed by atoms with Gasteiger partial charge < -0.3 is 5.32 Å². The molecular weight excluding hydrogens is 202 g/mol. The van der Waals surface area contributed by atoms with Gasteiger partial charge in [-0.1, -0.05) is 30.3 Å². The summed E-state index contributed by atoms with van der Waals surface area (Å²) < 4.78 is 1.76. The zero-order valence-electron chi connectivity index (χ0n) is 9.05. The summed E-state index contributed by atoms with van der Waals surface area (Å²) in [5.41, 5.74) is 1.15. The first-order valence-electron chi connectivity index (χ1n) is 5.09. The standard InChI is InChI=1S/C12H13N3O/c1-10(16)14-12-7-8-13-15(12)9-11-5-3-2-4-6-11/h2-8H,9H2,1H3,(H,14,16). The second-order valence-electron chi connectivity index (χ2n) is 3.54. The number of nitrogens with one attached hydrogen (secondary N) is 1. The van der Waals surface area contributed by atoms with Gasteiger partial charge in [-0.2, -0.15) is 5.10 Å². The predicted octanol–water partition coefficient (Wildman–Crippen LogP) is 1.89. The molecule has 1 aromatic carbocycles. The van der Waals surface area contributed by atoms with Gasteiger partial charge in [0.2, 0.25) is 5.91 Å². The Morgan fingerprint density at radius 1 is 1.31 bits per heavy atom. The van der Waals surface area contributed by atoms with E-state index in [0.29, 0.717) is 6.54 Å². The first-order chi connectivity index (χ1) is 7.75. The normalized spacial score (nSPS) is 10.1. The highest BCUT2D eigenvalue weighted by Crippen LogP contribution is 2.09. The maximum absolute atomic E-state index is 11.0. The summed E-state index contributed by atoms with van der Waals surface area (Å²) in [5.74, 6) is 0.631. The summed E-state index contributed by atoms with van der Waals surface area (Å²) in [6.07, 6.45) is 1.67. The summed E-state index contributed by atoms with van der Waals surface area (Å²) in [5, 5.41) is 6.90. The number of carbonyl (C=O) groups is 1. The summed E-state index contributed by atoms with van der Waals surface area (Å²) in [6, 6.07) is 11.8. The van der Waals surface area contributed by atoms with Crippen LogP contribution >= 0.6 is 0 Å². The molecule has 1 N–H and O–H groups in total. The molecule has 0 saturated heterocycles. The van der Waals surface area contributed by atoms with Crippen LogP contribution in [0.2, 0.25) is 0 Å². The SMILES string of the molecule is CC(=O)Nc1ccnn1Cc1ccccc1. The van der Waals surface area contributed by atoms with Gasteiger partial charge >= 0.3 is 0 Å². The van der Waals surface area contributed by atoms with Gasteiger partial charge in [0.05, 0.1) is 12.7 Å². The van der Waals surface area contributed by atoms with Crippen molar-refractivity contribution in [2.24, 2.45) is 0 Å². The third-order valence-corrected chi connectivity index (χ3v) is 2.20. The van der Waals surface area contributed by atoms with Crippen LogP contribution in [0.1, 0.15) is 12.5 Å². The maximum atomic E-state index is 11.0. The molecule has 0 atom stereocenters. The smallest absolute Gasteiger partial charge is 0.222 e. The first-order valence-corrected chi connectivity index (χ1v) is 5.09. The van der Waals surface area contributed by atoms with Crippen LogP contribution in [0.5, 0.6) is 0 Å². The number of benzene rings is 1. The van der Waals surface area contributed by atoms with Crippen molar-refractivity contribution in [2.75, 3.05) is 5.32 Å². The average Bonchev–Trinajstić information content (AvgIpc) is 2.66. The van der Waals surface area contributed by atoms with E-state index in [2.05, 4.69) is 10.4 Å². The van der Waals surface area contributed by atoms with E-state index in [9.17, 15) is 4.79 Å². The minimum absolute atomic E-state index is 0.0881. The van der Waals surface area contributed by atoms with Crippen LogP contribution in [-0.2, 0) is 11.3 Å². The van der Waals surface area contributed by atoms with Gasteiger partial charge in [0.25, 0.3) is 0 Å². The second kappa shape index (κ2) is 4.61. The Labute approximate surface area is 93.9 Å². The van der Waals surface area contributed by atoms with Gasteiger partial charge in [-0.15, -0.1) is 0 Å². The van der Waals surface area contributed by atoms with E-state index in [1.165, 1.54) is 6.92 Å². The van der Waals surface area contributed by atoms with Crippen molar-refractivity contribution < 1.29 is 4.79 Å². The van der Waals surface area contributed by atoms with Crippen molar-refractivity contribution >= 4 is 11.7 Å². The van der Waals surface area contributed by atoms with Crippen molar-refractivity contribution in [2.45, 2.75) is 13.5 Å². The molecule has 1 heterocycles. The Morgan fingerprint density at radius 3 is 2.75 bits per heavy atom. The molecule has 4 heteroatoms. The molecule has 2 aromatic rings. The average molecular weight is 215 g/mol. The van der Waals surface area contributed by atoms with E-state index in [0.717, 1.165) is 11.4 Å². The molecule has 1 aromatic heterocycles. The van der Waals surface area contributed by atoms with Crippen LogP contribution in [-0.4, -0.2) is 15.7 Å². The van der Waals surface area contributed by atoms with Crippen molar-refractivity contribution in [3.05, 3.63) is 48.2 Å². The number of hydrogen-bond acceptors (Lipinski definition) is 2. The van der Waals surface area contributed by atoms with Gasteiger partial charge in [0, 0.05) is 13.0 Å². The zero-order chi connectivity index (χ0) is 11.4. The molecule has 0 spiro atoms. The lowest BCUT2D eigenvalue weighted by atomic mass is 10.2. The molecule has 0 saturated carbocycles. The quantitative estimate of drug-likeness (QED) is 0.849. The number of amides is 1. The van der Waals surface area contributed by atoms with Crippen LogP contribution in [0, 0.1) is 0 Å². The zero-order valence-corrected chi connectivity index (χ0v) is 9.05. The van der Waals surface area contributed by atoms with Crippen LogP contribution < -0.4 is 5.32 Å². The third-order valence-electron chi connectivity index (χ3n) is 2.20. The van der Waals surface area contributed by atoms with Crippen molar-refractivity contribution in [3.8, 4) is 0 Å². The molecule has 0 aliphatic carbocycles. The molecular formula is C12H13N3O. The Balaban J connectivity index is 2.16. The van der Waals surface area contributed by atoms with Crippen LogP contribution in [0.4, 0.5) is 5.82 Å². The van der Waals surface area contributed by atoms with Gasteiger partial charge in [-0.3, -0.25) is 4.79 Å². The fourth-order valence-electron chi connectivity index (χ4n) is 1.50. The predicted molar refractivity (Wildman–Crippen MR) is 62.1 cm³/mol. The molecule has 2 rings (SSSR count). The van der Waals surface area contributed by atoms with E-state index >= 15 is 0 Å². The topological polar surface area (TPSA) is 46.9 Å². The molecule has 16 heavy (non-hydrogen) atoms. The third kappa shape index (κ3) is 2.48. The van der Waals surface area contributed by atoms with Crippen LogP contribution in [0.15, 0.2) is 42.6 Å². The minimum atomic E-state index is -0.0881. The maximum Gasteiger partial charge on any atom is 0.222 e. The van der Waals surface area contributed by atoms with Crippen molar-refractivity contribution in [1.82, 2.24) is 9.78 Å². The van der Waals surface area contributed by atoms with Gasteiger partial charge in [0.15, 0.2) is 0 Å². The first kappa shape index (κ1) is 10.4. The molecule has 0 unspecified atom stereocenters. The van der Waals surface area contributed by atoms with Crippen molar-refractivity contribution in [3.63, 3.8) is 0 Å². The molecule has 1 amide bonds. The molecule has 0 bridgehead atoms. The van der Waals surface area contributed by atoms with Gasteiger partial charge in [0.1, 0.15) is 5.82 Å². The van der Waals surface area contributed by atoms with E-state index in [-0.39, 0.29) is 5.91 Å². The number of hydrogen-bond donors (Lipinski definition) is 1. The van der Waals surface area contributed by atoms with Gasteiger partial charge in [-0.25, -0.2) is 4.68 Å². The Bertz CT molecular complexity index is 476. The number of nitrogens with zero attached hydrogens (tertiary/aromatic N) is 2. The lowest BCUT2D eigenvalue weighted by Gasteiger charge is -2.07. The Hall–Kier alpha value is -2.10. The number of anilines is 1. The highest BCUT2D eigenvalue weighted by atomic mass is 16.1. The van der Waals surface area contributed by atoms with E-state index in [4.69, 9.17) is 0 Å². The Morgan fingerprint density at radius 2 is 2.06 bits per heavy atom. The molecule has 0 radical (unpaired) electrons. The van der Waals surface area contributed by atoms with E-state index < -0.39 is 0 Å². The second-order valence-corrected chi connectivity index (χ2v) is 3.54. The number of aromatic nitrogens is 2. The highest BCUT2D eigenvalue weighted by Gasteiger charge is 2.03. The fourth-order valence-corrected chi connectivity index (χ4v) is 1.50. The summed E-state index contributed by atoms with van der Waals surface area (Å²) >= 11 is 0. The van der Waals surface area contributed by atoms with Crippen LogP contribution in [0.25, 0.3) is 0 Å². The lowest BCUT2D eigenvalue weighted by Crippen LogP contribution is -2.12. The van der Waals surface area contributed by atoms with E-state index in [1.807, 2.05) is 30.3 Å². The minimum Gasteiger partial charge on any atom is -0.311 e. The molecule has 82 valence electrons. The van der Waals surface area contributed by atoms with Gasteiger partial charge in [-0.05, 0) is 5.56 Å². The molecule has 0 fully saturated rings. The number of rotatable bonds is 3. The summed E-state index contributed by atoms with van der Waals surface area (Å²) in [7, 11) is 0. The van der Waals surface area contributed by atoms with E-state index in [1.54, 1.807) is 16.9 Å². The molecule has 0 aliphatic heterocycles. The fraction of sp³-hybridized carbons (Fsp3) is 0.167. The lowest BCUT2D eigenvalue weighted by molar-refractivity contribution is -0.114. The molecule has 4 nitrogen and oxygen atoms in total. The summed E-state index contributed by atoms with van der Waals surface area (Å²) in [4.78, 5) is 11.0. The van der Waals surface area contributed by atoms with Crippen LogP contribution in [0.3, 0.4) is 0 Å². The number of carbonyl (C=O) groups excluding carboxylic acids is 1. The Kier molecular flexibility index (Phi) is 3.00. The monoisotopic (exact) mass is 215 g/mol. The van der Waals surface area contributed by atoms with Crippen molar-refractivity contribution in [1.29, 1.82) is 0 Å². The largest absolute Gasteiger partial charge is 0.311 e. The highest BCUT2D eigenvalue weighted by molar-refractivity contribution is 5.87.